The van der Waals surface area contributed by atoms with Crippen LogP contribution in [0.4, 0.5) is 0 Å². The smallest absolute Gasteiger partial charge is 0.190 e. The fourth-order valence-corrected chi connectivity index (χ4v) is 4.52. The Morgan fingerprint density at radius 3 is 2.38 bits per heavy atom. The van der Waals surface area contributed by atoms with Gasteiger partial charge in [-0.05, 0) is 52.0 Å². The summed E-state index contributed by atoms with van der Waals surface area (Å²) < 4.78 is 31.7. The van der Waals surface area contributed by atoms with E-state index in [0.29, 0.717) is 0 Å². The summed E-state index contributed by atoms with van der Waals surface area (Å²) in [5.41, 5.74) is 1.99. The number of aromatic nitrogens is 1. The predicted molar refractivity (Wildman–Crippen MR) is 97.5 cm³/mol. The lowest BCUT2D eigenvalue weighted by Gasteiger charge is -2.36. The number of halogens is 1. The van der Waals surface area contributed by atoms with Crippen LogP contribution in [0.3, 0.4) is 0 Å². The van der Waals surface area contributed by atoms with E-state index >= 15 is 0 Å². The molecule has 0 bridgehead atoms. The number of benzene rings is 1. The highest BCUT2D eigenvalue weighted by Crippen LogP contribution is 2.48. The number of hydrogen-bond acceptors (Lipinski definition) is 5. The van der Waals surface area contributed by atoms with Crippen LogP contribution in [0.15, 0.2) is 28.7 Å². The lowest BCUT2D eigenvalue weighted by molar-refractivity contribution is -0.237. The van der Waals surface area contributed by atoms with Crippen molar-refractivity contribution in [3.8, 4) is 0 Å². The topological polar surface area (TPSA) is 61.9 Å². The molecule has 6 nitrogen and oxygen atoms in total. The number of rotatable bonds is 1. The molecule has 2 aromatic rings. The van der Waals surface area contributed by atoms with E-state index in [1.54, 1.807) is 0 Å². The van der Waals surface area contributed by atoms with Crippen LogP contribution in [0.25, 0.3) is 10.9 Å². The van der Waals surface area contributed by atoms with Gasteiger partial charge in [-0.25, -0.2) is 0 Å². The highest BCUT2D eigenvalue weighted by molar-refractivity contribution is 9.10. The van der Waals surface area contributed by atoms with Gasteiger partial charge in [0.2, 0.25) is 0 Å². The molecule has 140 valence electrons. The molecule has 1 aromatic heterocycles. The Hall–Kier alpha value is -0.960. The van der Waals surface area contributed by atoms with Gasteiger partial charge in [0.25, 0.3) is 0 Å². The fraction of sp³-hybridized carbons (Fsp3) is 0.579. The molecule has 4 heterocycles. The van der Waals surface area contributed by atoms with E-state index in [1.807, 2.05) is 39.8 Å². The van der Waals surface area contributed by atoms with Crippen LogP contribution in [0.2, 0.25) is 0 Å². The third-order valence-electron chi connectivity index (χ3n) is 5.06. The van der Waals surface area contributed by atoms with Crippen molar-refractivity contribution in [2.45, 2.75) is 70.0 Å². The van der Waals surface area contributed by atoms with Crippen LogP contribution in [0.1, 0.15) is 39.5 Å². The van der Waals surface area contributed by atoms with Crippen LogP contribution in [-0.4, -0.2) is 41.2 Å². The molecule has 3 aliphatic heterocycles. The maximum Gasteiger partial charge on any atom is 0.190 e. The molecule has 7 heteroatoms. The Balaban J connectivity index is 1.55. The van der Waals surface area contributed by atoms with Crippen LogP contribution >= 0.6 is 15.9 Å². The van der Waals surface area contributed by atoms with Crippen molar-refractivity contribution in [3.63, 3.8) is 0 Å². The zero-order chi connectivity index (χ0) is 18.3. The summed E-state index contributed by atoms with van der Waals surface area (Å²) in [6.45, 7) is 7.61. The number of ether oxygens (including phenoxy) is 5. The van der Waals surface area contributed by atoms with E-state index in [4.69, 9.17) is 23.7 Å². The first kappa shape index (κ1) is 17.2. The maximum atomic E-state index is 6.30. The van der Waals surface area contributed by atoms with E-state index in [-0.39, 0.29) is 24.4 Å². The Labute approximate surface area is 160 Å². The van der Waals surface area contributed by atoms with E-state index in [2.05, 4.69) is 33.0 Å². The first-order valence-electron chi connectivity index (χ1n) is 8.86. The van der Waals surface area contributed by atoms with Gasteiger partial charge in [0.1, 0.15) is 24.4 Å². The summed E-state index contributed by atoms with van der Waals surface area (Å²) in [6.07, 6.45) is -1.67. The average molecular weight is 424 g/mol. The summed E-state index contributed by atoms with van der Waals surface area (Å²) in [4.78, 5) is 3.46. The Morgan fingerprint density at radius 2 is 1.58 bits per heavy atom. The molecule has 5 rings (SSSR count). The van der Waals surface area contributed by atoms with Crippen LogP contribution in [-0.2, 0) is 23.7 Å². The molecule has 0 aliphatic carbocycles. The summed E-state index contributed by atoms with van der Waals surface area (Å²) in [5, 5.41) is 1.11. The lowest BCUT2D eigenvalue weighted by atomic mass is 9.97. The van der Waals surface area contributed by atoms with Crippen molar-refractivity contribution in [2.75, 3.05) is 0 Å². The summed E-state index contributed by atoms with van der Waals surface area (Å²) in [5.74, 6) is -1.41. The molecular formula is C19H22BrNO5. The molecule has 1 aromatic carbocycles. The van der Waals surface area contributed by atoms with Gasteiger partial charge in [0.15, 0.2) is 17.9 Å². The van der Waals surface area contributed by atoms with Gasteiger partial charge in [-0.3, -0.25) is 0 Å². The van der Waals surface area contributed by atoms with Gasteiger partial charge in [-0.1, -0.05) is 15.9 Å². The van der Waals surface area contributed by atoms with Crippen molar-refractivity contribution in [2.24, 2.45) is 0 Å². The van der Waals surface area contributed by atoms with Crippen LogP contribution < -0.4 is 0 Å². The third kappa shape index (κ3) is 2.73. The number of nitrogens with one attached hydrogen (secondary N) is 1. The van der Waals surface area contributed by atoms with Gasteiger partial charge >= 0.3 is 0 Å². The Kier molecular flexibility index (Phi) is 3.65. The second-order valence-electron chi connectivity index (χ2n) is 8.05. The number of H-pyrrole nitrogens is 1. The second-order valence-corrected chi connectivity index (χ2v) is 8.96. The monoisotopic (exact) mass is 423 g/mol. The molecule has 5 atom stereocenters. The minimum atomic E-state index is -0.712. The van der Waals surface area contributed by atoms with Crippen LogP contribution in [0.5, 0.6) is 0 Å². The van der Waals surface area contributed by atoms with E-state index < -0.39 is 17.9 Å². The molecule has 3 saturated heterocycles. The lowest BCUT2D eigenvalue weighted by Crippen LogP contribution is -2.51. The quantitative estimate of drug-likeness (QED) is 0.750. The minimum absolute atomic E-state index is 0.256. The van der Waals surface area contributed by atoms with Crippen molar-refractivity contribution in [1.29, 1.82) is 0 Å². The van der Waals surface area contributed by atoms with Crippen molar-refractivity contribution in [1.82, 2.24) is 4.98 Å². The Morgan fingerprint density at radius 1 is 0.885 bits per heavy atom. The molecule has 0 unspecified atom stereocenters. The van der Waals surface area contributed by atoms with Gasteiger partial charge in [0, 0.05) is 21.1 Å². The minimum Gasteiger partial charge on any atom is -0.356 e. The Bertz CT molecular complexity index is 863. The zero-order valence-electron chi connectivity index (χ0n) is 15.1. The molecule has 3 fully saturated rings. The average Bonchev–Trinajstić information content (AvgIpc) is 3.16. The summed E-state index contributed by atoms with van der Waals surface area (Å²) >= 11 is 3.52. The summed E-state index contributed by atoms with van der Waals surface area (Å²) in [6, 6.07) is 8.22. The highest BCUT2D eigenvalue weighted by atomic mass is 79.9. The first-order chi connectivity index (χ1) is 12.2. The third-order valence-corrected chi connectivity index (χ3v) is 5.56. The SMILES string of the molecule is CC1(C)O[C@H]2[C@@H](O1)[C@@H](c1cc3cc(Br)ccc3[nH]1)O[C@@H]1OC(C)(C)O[C@@H]12. The zero-order valence-corrected chi connectivity index (χ0v) is 16.7. The molecule has 1 N–H and O–H groups in total. The van der Waals surface area contributed by atoms with Crippen molar-refractivity contribution >= 4 is 26.8 Å². The van der Waals surface area contributed by atoms with E-state index in [9.17, 15) is 0 Å². The van der Waals surface area contributed by atoms with Crippen LogP contribution in [0, 0.1) is 0 Å². The predicted octanol–water partition coefficient (Wildman–Crippen LogP) is 4.00. The van der Waals surface area contributed by atoms with Gasteiger partial charge in [0.05, 0.1) is 0 Å². The van der Waals surface area contributed by atoms with E-state index in [1.165, 1.54) is 0 Å². The molecular weight excluding hydrogens is 402 g/mol. The van der Waals surface area contributed by atoms with Gasteiger partial charge < -0.3 is 28.7 Å². The molecule has 0 radical (unpaired) electrons. The number of fused-ring (bicyclic) bond motifs is 4. The largest absolute Gasteiger partial charge is 0.356 e. The molecule has 26 heavy (non-hydrogen) atoms. The molecule has 0 spiro atoms. The number of hydrogen-bond donors (Lipinski definition) is 1. The standard InChI is InChI=1S/C19H22BrNO5/c1-18(2)23-14-13(12-8-9-7-10(20)5-6-11(9)21-12)22-17-16(15(14)24-18)25-19(3,4)26-17/h5-8,13-17,21H,1-4H3/t13-,14+,15+,16-,17-/m1/s1. The molecule has 0 saturated carbocycles. The number of aromatic amines is 1. The maximum absolute atomic E-state index is 6.30. The first-order valence-corrected chi connectivity index (χ1v) is 9.65. The molecule has 0 amide bonds. The van der Waals surface area contributed by atoms with Gasteiger partial charge in [-0.15, -0.1) is 0 Å². The van der Waals surface area contributed by atoms with Crippen molar-refractivity contribution < 1.29 is 23.7 Å². The summed E-state index contributed by atoms with van der Waals surface area (Å²) in [7, 11) is 0. The van der Waals surface area contributed by atoms with Gasteiger partial charge in [-0.2, -0.15) is 0 Å². The fourth-order valence-electron chi connectivity index (χ4n) is 4.14. The van der Waals surface area contributed by atoms with E-state index in [0.717, 1.165) is 21.1 Å². The highest BCUT2D eigenvalue weighted by Gasteiger charge is 2.61. The second kappa shape index (κ2) is 5.53. The normalized spacial score (nSPS) is 37.7. The van der Waals surface area contributed by atoms with Crippen molar-refractivity contribution in [3.05, 3.63) is 34.4 Å². The molecule has 3 aliphatic rings.